The van der Waals surface area contributed by atoms with Gasteiger partial charge >= 0.3 is 0 Å². The Hall–Kier alpha value is -1.61. The van der Waals surface area contributed by atoms with Crippen LogP contribution in [0.15, 0.2) is 30.6 Å². The van der Waals surface area contributed by atoms with Crippen molar-refractivity contribution in [1.29, 1.82) is 0 Å². The highest BCUT2D eigenvalue weighted by Gasteiger charge is 2.21. The Labute approximate surface area is 130 Å². The Bertz CT molecular complexity index is 640. The fraction of sp³-hybridized carbons (Fsp3) is 0.412. The van der Waals surface area contributed by atoms with E-state index in [1.807, 2.05) is 0 Å². The molecule has 0 fully saturated rings. The molecule has 1 N–H and O–H groups in total. The van der Waals surface area contributed by atoms with E-state index in [2.05, 4.69) is 53.4 Å². The van der Waals surface area contributed by atoms with Crippen LogP contribution >= 0.6 is 11.6 Å². The van der Waals surface area contributed by atoms with Gasteiger partial charge in [0.05, 0.1) is 0 Å². The molecule has 1 atom stereocenters. The Balaban J connectivity index is 1.81. The third kappa shape index (κ3) is 3.03. The average molecular weight is 302 g/mol. The van der Waals surface area contributed by atoms with Crippen LogP contribution in [0.3, 0.4) is 0 Å². The highest BCUT2D eigenvalue weighted by molar-refractivity contribution is 6.30. The predicted molar refractivity (Wildman–Crippen MR) is 87.0 cm³/mol. The lowest BCUT2D eigenvalue weighted by molar-refractivity contribution is 0.606. The Morgan fingerprint density at radius 2 is 1.95 bits per heavy atom. The highest BCUT2D eigenvalue weighted by atomic mass is 35.5. The van der Waals surface area contributed by atoms with Gasteiger partial charge in [0, 0.05) is 11.6 Å². The number of aromatic nitrogens is 2. The molecule has 1 unspecified atom stereocenters. The van der Waals surface area contributed by atoms with E-state index in [-0.39, 0.29) is 0 Å². The molecular weight excluding hydrogens is 282 g/mol. The van der Waals surface area contributed by atoms with Gasteiger partial charge in [0.25, 0.3) is 0 Å². The average Bonchev–Trinajstić information content (AvgIpc) is 2.47. The summed E-state index contributed by atoms with van der Waals surface area (Å²) < 4.78 is 0. The summed E-state index contributed by atoms with van der Waals surface area (Å²) in [4.78, 5) is 8.51. The van der Waals surface area contributed by atoms with Crippen molar-refractivity contribution in [2.75, 3.05) is 5.32 Å². The van der Waals surface area contributed by atoms with E-state index in [1.54, 1.807) is 0 Å². The van der Waals surface area contributed by atoms with Crippen molar-refractivity contribution in [1.82, 2.24) is 9.97 Å². The number of nitrogens with one attached hydrogen (secondary N) is 1. The predicted octanol–water partition coefficient (Wildman–Crippen LogP) is 4.22. The normalized spacial score (nSPS) is 17.6. The molecule has 1 aromatic carbocycles. The first-order chi connectivity index (χ1) is 10.1. The minimum atomic E-state index is 0.303. The zero-order valence-electron chi connectivity index (χ0n) is 12.4. The topological polar surface area (TPSA) is 37.8 Å². The van der Waals surface area contributed by atoms with Crippen LogP contribution in [-0.4, -0.2) is 16.0 Å². The van der Waals surface area contributed by atoms with Gasteiger partial charge in [0.1, 0.15) is 17.3 Å². The van der Waals surface area contributed by atoms with E-state index in [0.717, 1.165) is 30.6 Å². The van der Waals surface area contributed by atoms with Gasteiger partial charge in [-0.05, 0) is 36.3 Å². The van der Waals surface area contributed by atoms with Crippen LogP contribution in [0, 0.1) is 0 Å². The SMILES string of the molecule is CC(C)c1c(Cl)ncnc1NC1CCc2ccccc2C1. The standard InChI is InChI=1S/C17H20ClN3/c1-11(2)15-16(18)19-10-20-17(15)21-14-8-7-12-5-3-4-6-13(12)9-14/h3-6,10-11,14H,7-9H2,1-2H3,(H,19,20,21). The molecule has 0 spiro atoms. The molecule has 0 saturated heterocycles. The van der Waals surface area contributed by atoms with Gasteiger partial charge in [-0.2, -0.15) is 0 Å². The summed E-state index contributed by atoms with van der Waals surface area (Å²) in [6.45, 7) is 4.23. The summed E-state index contributed by atoms with van der Waals surface area (Å²) in [5.74, 6) is 1.19. The summed E-state index contributed by atoms with van der Waals surface area (Å²) in [6.07, 6.45) is 4.81. The molecule has 1 aromatic heterocycles. The smallest absolute Gasteiger partial charge is 0.138 e. The maximum absolute atomic E-state index is 6.23. The lowest BCUT2D eigenvalue weighted by atomic mass is 9.88. The van der Waals surface area contributed by atoms with E-state index in [1.165, 1.54) is 17.5 Å². The summed E-state index contributed by atoms with van der Waals surface area (Å²) in [6, 6.07) is 9.09. The fourth-order valence-corrected chi connectivity index (χ4v) is 3.37. The first kappa shape index (κ1) is 14.3. The van der Waals surface area contributed by atoms with Gasteiger partial charge < -0.3 is 5.32 Å². The number of hydrogen-bond donors (Lipinski definition) is 1. The first-order valence-corrected chi connectivity index (χ1v) is 7.86. The van der Waals surface area contributed by atoms with E-state index in [4.69, 9.17) is 11.6 Å². The number of halogens is 1. The van der Waals surface area contributed by atoms with Crippen molar-refractivity contribution >= 4 is 17.4 Å². The zero-order valence-corrected chi connectivity index (χ0v) is 13.2. The summed E-state index contributed by atoms with van der Waals surface area (Å²) in [5.41, 5.74) is 3.92. The number of aryl methyl sites for hydroxylation is 1. The number of anilines is 1. The molecule has 3 rings (SSSR count). The van der Waals surface area contributed by atoms with Crippen molar-refractivity contribution in [2.24, 2.45) is 0 Å². The van der Waals surface area contributed by atoms with Gasteiger partial charge in [-0.15, -0.1) is 0 Å². The van der Waals surface area contributed by atoms with Crippen molar-refractivity contribution in [3.05, 3.63) is 52.4 Å². The number of fused-ring (bicyclic) bond motifs is 1. The van der Waals surface area contributed by atoms with Crippen LogP contribution in [0.2, 0.25) is 5.15 Å². The largest absolute Gasteiger partial charge is 0.367 e. The van der Waals surface area contributed by atoms with Crippen LogP contribution in [0.25, 0.3) is 0 Å². The van der Waals surface area contributed by atoms with E-state index in [0.29, 0.717) is 17.1 Å². The van der Waals surface area contributed by atoms with Crippen molar-refractivity contribution < 1.29 is 0 Å². The summed E-state index contributed by atoms with van der Waals surface area (Å²) in [5, 5.41) is 4.13. The highest BCUT2D eigenvalue weighted by Crippen LogP contribution is 2.30. The molecule has 0 saturated carbocycles. The third-order valence-electron chi connectivity index (χ3n) is 4.10. The van der Waals surface area contributed by atoms with Crippen LogP contribution in [-0.2, 0) is 12.8 Å². The quantitative estimate of drug-likeness (QED) is 0.862. The Morgan fingerprint density at radius 1 is 1.19 bits per heavy atom. The third-order valence-corrected chi connectivity index (χ3v) is 4.40. The van der Waals surface area contributed by atoms with Gasteiger partial charge in [-0.3, -0.25) is 0 Å². The molecule has 3 nitrogen and oxygen atoms in total. The maximum Gasteiger partial charge on any atom is 0.138 e. The molecule has 21 heavy (non-hydrogen) atoms. The number of hydrogen-bond acceptors (Lipinski definition) is 3. The van der Waals surface area contributed by atoms with Crippen LogP contribution in [0.4, 0.5) is 5.82 Å². The molecule has 110 valence electrons. The monoisotopic (exact) mass is 301 g/mol. The number of benzene rings is 1. The van der Waals surface area contributed by atoms with Gasteiger partial charge in [0.2, 0.25) is 0 Å². The second-order valence-corrected chi connectivity index (χ2v) is 6.29. The molecule has 0 aliphatic heterocycles. The molecule has 1 aliphatic rings. The molecule has 1 heterocycles. The van der Waals surface area contributed by atoms with Crippen molar-refractivity contribution in [2.45, 2.75) is 45.1 Å². The maximum atomic E-state index is 6.23. The molecular formula is C17H20ClN3. The molecule has 2 aromatic rings. The van der Waals surface area contributed by atoms with Crippen LogP contribution in [0.5, 0.6) is 0 Å². The lowest BCUT2D eigenvalue weighted by Gasteiger charge is -2.27. The number of nitrogens with zero attached hydrogens (tertiary/aromatic N) is 2. The van der Waals surface area contributed by atoms with Crippen LogP contribution in [0.1, 0.15) is 42.9 Å². The Kier molecular flexibility index (Phi) is 4.11. The molecule has 4 heteroatoms. The van der Waals surface area contributed by atoms with E-state index < -0.39 is 0 Å². The van der Waals surface area contributed by atoms with E-state index in [9.17, 15) is 0 Å². The lowest BCUT2D eigenvalue weighted by Crippen LogP contribution is -2.28. The fourth-order valence-electron chi connectivity index (χ4n) is 3.02. The van der Waals surface area contributed by atoms with E-state index >= 15 is 0 Å². The zero-order chi connectivity index (χ0) is 14.8. The second kappa shape index (κ2) is 6.02. The Morgan fingerprint density at radius 3 is 2.71 bits per heavy atom. The minimum absolute atomic E-state index is 0.303. The van der Waals surface area contributed by atoms with Crippen molar-refractivity contribution in [3.63, 3.8) is 0 Å². The van der Waals surface area contributed by atoms with Gasteiger partial charge in [-0.25, -0.2) is 9.97 Å². The summed E-state index contributed by atoms with van der Waals surface area (Å²) in [7, 11) is 0. The molecule has 0 amide bonds. The second-order valence-electron chi connectivity index (χ2n) is 5.93. The minimum Gasteiger partial charge on any atom is -0.367 e. The van der Waals surface area contributed by atoms with Crippen molar-refractivity contribution in [3.8, 4) is 0 Å². The first-order valence-electron chi connectivity index (χ1n) is 7.49. The molecule has 1 aliphatic carbocycles. The molecule has 0 radical (unpaired) electrons. The molecule has 0 bridgehead atoms. The summed E-state index contributed by atoms with van der Waals surface area (Å²) >= 11 is 6.23. The van der Waals surface area contributed by atoms with Crippen LogP contribution < -0.4 is 5.32 Å². The van der Waals surface area contributed by atoms with Gasteiger partial charge in [-0.1, -0.05) is 49.7 Å². The number of rotatable bonds is 3. The van der Waals surface area contributed by atoms with Gasteiger partial charge in [0.15, 0.2) is 0 Å².